The van der Waals surface area contributed by atoms with Crippen molar-refractivity contribution < 1.29 is 38.0 Å². The van der Waals surface area contributed by atoms with Gasteiger partial charge in [0.25, 0.3) is 0 Å². The van der Waals surface area contributed by atoms with Gasteiger partial charge in [-0.3, -0.25) is 9.59 Å². The average Bonchev–Trinajstić information content (AvgIpc) is 3.23. The smallest absolute Gasteiger partial charge is 0.306 e. The monoisotopic (exact) mass is 842 g/mol. The molecule has 0 aromatic rings. The number of hydrogen-bond acceptors (Lipinski definition) is 9. The summed E-state index contributed by atoms with van der Waals surface area (Å²) in [6.07, 6.45) is 36.0. The lowest BCUT2D eigenvalue weighted by Gasteiger charge is -2.19. The topological polar surface area (TPSA) is 102 Å². The normalized spacial score (nSPS) is 11.6. The van der Waals surface area contributed by atoms with Gasteiger partial charge in [0.15, 0.2) is 0 Å². The van der Waals surface area contributed by atoms with Crippen molar-refractivity contribution in [3.8, 4) is 0 Å². The molecule has 0 amide bonds. The molecule has 59 heavy (non-hydrogen) atoms. The maximum atomic E-state index is 12.8. The summed E-state index contributed by atoms with van der Waals surface area (Å²) in [4.78, 5) is 25.5. The first-order chi connectivity index (χ1) is 29.1. The highest BCUT2D eigenvalue weighted by Crippen LogP contribution is 2.12. The zero-order valence-electron chi connectivity index (χ0n) is 39.6. The number of unbranched alkanes of at least 4 members (excludes halogenated alkanes) is 24. The molecule has 0 aliphatic heterocycles. The van der Waals surface area contributed by atoms with E-state index in [1.54, 1.807) is 0 Å². The van der Waals surface area contributed by atoms with Gasteiger partial charge < -0.3 is 33.7 Å². The average molecular weight is 842 g/mol. The predicted octanol–water partition coefficient (Wildman–Crippen LogP) is 13.0. The van der Waals surface area contributed by atoms with Crippen molar-refractivity contribution in [2.24, 2.45) is 0 Å². The predicted molar refractivity (Wildman–Crippen MR) is 246 cm³/mol. The largest absolute Gasteiger partial charge is 0.457 e. The molecule has 9 heteroatoms. The van der Waals surface area contributed by atoms with Gasteiger partial charge in [0, 0.05) is 39.3 Å². The zero-order valence-corrected chi connectivity index (χ0v) is 39.6. The second-order valence-corrected chi connectivity index (χ2v) is 17.0. The highest BCUT2D eigenvalue weighted by Gasteiger charge is 2.17. The third-order valence-electron chi connectivity index (χ3n) is 10.8. The molecule has 0 unspecified atom stereocenters. The standard InChI is InChI=1S/C50H99NO8/c1-5-9-13-17-21-25-29-39-54-43-47(44-55-40-30-26-22-18-14-10-6-2)58-49(52)35-33-37-51-38-34-36-50(53)59-48(45-56-41-31-27-23-19-15-11-7-3)46-57-42-32-28-24-20-16-12-8-4/h47-48,51H,5-46H2,1-4H3. The lowest BCUT2D eigenvalue weighted by molar-refractivity contribution is -0.157. The van der Waals surface area contributed by atoms with Gasteiger partial charge >= 0.3 is 11.9 Å². The van der Waals surface area contributed by atoms with E-state index in [2.05, 4.69) is 33.0 Å². The van der Waals surface area contributed by atoms with Crippen LogP contribution in [0.2, 0.25) is 0 Å². The number of nitrogens with one attached hydrogen (secondary N) is 1. The summed E-state index contributed by atoms with van der Waals surface area (Å²) in [5, 5.41) is 3.37. The van der Waals surface area contributed by atoms with E-state index in [9.17, 15) is 9.59 Å². The fourth-order valence-corrected chi connectivity index (χ4v) is 7.07. The first kappa shape index (κ1) is 57.7. The van der Waals surface area contributed by atoms with Crippen molar-refractivity contribution in [3.63, 3.8) is 0 Å². The van der Waals surface area contributed by atoms with E-state index >= 15 is 0 Å². The Hall–Kier alpha value is -1.26. The molecule has 0 radical (unpaired) electrons. The molecule has 0 spiro atoms. The Labute approximate surface area is 365 Å². The number of carbonyl (C=O) groups excluding carboxylic acids is 2. The van der Waals surface area contributed by atoms with Gasteiger partial charge in [0.05, 0.1) is 26.4 Å². The highest BCUT2D eigenvalue weighted by atomic mass is 16.6. The van der Waals surface area contributed by atoms with Crippen LogP contribution in [0.1, 0.15) is 233 Å². The van der Waals surface area contributed by atoms with E-state index in [1.165, 1.54) is 154 Å². The number of ether oxygens (including phenoxy) is 6. The summed E-state index contributed by atoms with van der Waals surface area (Å²) in [7, 11) is 0. The van der Waals surface area contributed by atoms with E-state index in [0.717, 1.165) is 25.7 Å². The molecule has 0 heterocycles. The quantitative estimate of drug-likeness (QED) is 0.0474. The summed E-state index contributed by atoms with van der Waals surface area (Å²) in [5.74, 6) is -0.428. The molecule has 1 N–H and O–H groups in total. The summed E-state index contributed by atoms with van der Waals surface area (Å²) in [5.41, 5.74) is 0. The maximum Gasteiger partial charge on any atom is 0.306 e. The molecule has 0 aliphatic carbocycles. The lowest BCUT2D eigenvalue weighted by Crippen LogP contribution is -2.30. The Morgan fingerprint density at radius 3 is 0.831 bits per heavy atom. The van der Waals surface area contributed by atoms with E-state index < -0.39 is 0 Å². The van der Waals surface area contributed by atoms with Gasteiger partial charge in [-0.1, -0.05) is 182 Å². The minimum absolute atomic E-state index is 0.214. The van der Waals surface area contributed by atoms with Gasteiger partial charge in [-0.25, -0.2) is 0 Å². The molecule has 352 valence electrons. The Balaban J connectivity index is 4.44. The van der Waals surface area contributed by atoms with Crippen molar-refractivity contribution in [2.75, 3.05) is 65.9 Å². The van der Waals surface area contributed by atoms with Crippen LogP contribution in [-0.2, 0) is 38.0 Å². The molecule has 0 atom stereocenters. The van der Waals surface area contributed by atoms with Crippen molar-refractivity contribution in [1.82, 2.24) is 5.32 Å². The van der Waals surface area contributed by atoms with Crippen molar-refractivity contribution in [1.29, 1.82) is 0 Å². The van der Waals surface area contributed by atoms with Crippen molar-refractivity contribution in [3.05, 3.63) is 0 Å². The molecule has 0 aliphatic rings. The van der Waals surface area contributed by atoms with Crippen LogP contribution in [0.25, 0.3) is 0 Å². The minimum Gasteiger partial charge on any atom is -0.457 e. The number of carbonyl (C=O) groups is 2. The first-order valence-electron chi connectivity index (χ1n) is 25.5. The van der Waals surface area contributed by atoms with E-state index in [0.29, 0.717) is 91.6 Å². The van der Waals surface area contributed by atoms with Crippen LogP contribution in [0.4, 0.5) is 0 Å². The Bertz CT molecular complexity index is 736. The fraction of sp³-hybridized carbons (Fsp3) is 0.960. The maximum absolute atomic E-state index is 12.8. The van der Waals surface area contributed by atoms with Crippen LogP contribution >= 0.6 is 0 Å². The summed E-state index contributed by atoms with van der Waals surface area (Å²) in [6, 6.07) is 0. The zero-order chi connectivity index (χ0) is 43.0. The van der Waals surface area contributed by atoms with E-state index in [4.69, 9.17) is 28.4 Å². The molecule has 0 bridgehead atoms. The van der Waals surface area contributed by atoms with Crippen LogP contribution in [0.5, 0.6) is 0 Å². The third kappa shape index (κ3) is 46.1. The van der Waals surface area contributed by atoms with Crippen molar-refractivity contribution >= 4 is 11.9 Å². The van der Waals surface area contributed by atoms with Crippen LogP contribution < -0.4 is 5.32 Å². The Morgan fingerprint density at radius 1 is 0.339 bits per heavy atom. The number of esters is 2. The van der Waals surface area contributed by atoms with E-state index in [-0.39, 0.29) is 24.1 Å². The van der Waals surface area contributed by atoms with Crippen LogP contribution in [0, 0.1) is 0 Å². The van der Waals surface area contributed by atoms with E-state index in [1.807, 2.05) is 0 Å². The molecule has 0 aromatic heterocycles. The molecule has 9 nitrogen and oxygen atoms in total. The van der Waals surface area contributed by atoms with Crippen LogP contribution in [0.15, 0.2) is 0 Å². The highest BCUT2D eigenvalue weighted by molar-refractivity contribution is 5.70. The molecular weight excluding hydrogens is 743 g/mol. The summed E-state index contributed by atoms with van der Waals surface area (Å²) >= 11 is 0. The summed E-state index contributed by atoms with van der Waals surface area (Å²) < 4.78 is 35.4. The SMILES string of the molecule is CCCCCCCCCOCC(COCCCCCCCCC)OC(=O)CCCNCCCC(=O)OC(COCCCCCCCCC)COCCCCCCCCC. The van der Waals surface area contributed by atoms with Gasteiger partial charge in [-0.2, -0.15) is 0 Å². The molecular formula is C50H99NO8. The van der Waals surface area contributed by atoms with Crippen LogP contribution in [-0.4, -0.2) is 90.1 Å². The third-order valence-corrected chi connectivity index (χ3v) is 10.8. The van der Waals surface area contributed by atoms with Gasteiger partial charge in [-0.15, -0.1) is 0 Å². The second kappa shape index (κ2) is 49.4. The number of hydrogen-bond donors (Lipinski definition) is 1. The Kier molecular flexibility index (Phi) is 48.3. The Morgan fingerprint density at radius 2 is 0.576 bits per heavy atom. The molecule has 0 saturated heterocycles. The molecule has 0 saturated carbocycles. The first-order valence-corrected chi connectivity index (χ1v) is 25.5. The number of rotatable bonds is 50. The van der Waals surface area contributed by atoms with Gasteiger partial charge in [-0.05, 0) is 51.6 Å². The van der Waals surface area contributed by atoms with Crippen molar-refractivity contribution in [2.45, 2.75) is 245 Å². The van der Waals surface area contributed by atoms with Gasteiger partial charge in [0.2, 0.25) is 0 Å². The second-order valence-electron chi connectivity index (χ2n) is 17.0. The minimum atomic E-state index is -0.379. The molecule has 0 aromatic carbocycles. The summed E-state index contributed by atoms with van der Waals surface area (Å²) in [6.45, 7) is 14.6. The lowest BCUT2D eigenvalue weighted by atomic mass is 10.1. The fourth-order valence-electron chi connectivity index (χ4n) is 7.07. The van der Waals surface area contributed by atoms with Gasteiger partial charge in [0.1, 0.15) is 12.2 Å². The van der Waals surface area contributed by atoms with Crippen LogP contribution in [0.3, 0.4) is 0 Å². The molecule has 0 fully saturated rings. The molecule has 0 rings (SSSR count).